The highest BCUT2D eigenvalue weighted by Gasteiger charge is 2.39. The van der Waals surface area contributed by atoms with Gasteiger partial charge >= 0.3 is 12.4 Å². The topological polar surface area (TPSA) is 66.5 Å². The van der Waals surface area contributed by atoms with Gasteiger partial charge < -0.3 is 14.4 Å². The van der Waals surface area contributed by atoms with Gasteiger partial charge in [-0.25, -0.2) is 4.39 Å². The van der Waals surface area contributed by atoms with Crippen LogP contribution in [0.25, 0.3) is 0 Å². The van der Waals surface area contributed by atoms with Crippen molar-refractivity contribution in [3.63, 3.8) is 0 Å². The molecule has 1 aromatic heterocycles. The van der Waals surface area contributed by atoms with E-state index < -0.39 is 47.7 Å². The third-order valence-corrected chi connectivity index (χ3v) is 6.46. The van der Waals surface area contributed by atoms with Gasteiger partial charge in [0.25, 0.3) is 0 Å². The van der Waals surface area contributed by atoms with Crippen molar-refractivity contribution < 1.29 is 40.2 Å². The molecule has 3 aromatic rings. The maximum atomic E-state index is 13.7. The summed E-state index contributed by atoms with van der Waals surface area (Å²) in [4.78, 5) is 3.86. The summed E-state index contributed by atoms with van der Waals surface area (Å²) in [5.41, 5.74) is -1.27. The number of benzene rings is 2. The van der Waals surface area contributed by atoms with E-state index in [1.165, 1.54) is 31.2 Å². The van der Waals surface area contributed by atoms with E-state index in [2.05, 4.69) is 15.4 Å². The molecular formula is C26H28F7N5O2. The molecule has 40 heavy (non-hydrogen) atoms. The first kappa shape index (κ1) is 29.9. The number of rotatable bonds is 8. The minimum atomic E-state index is -4.99. The largest absolute Gasteiger partial charge is 0.416 e. The van der Waals surface area contributed by atoms with E-state index in [-0.39, 0.29) is 24.8 Å². The molecule has 7 nitrogen and oxygen atoms in total. The summed E-state index contributed by atoms with van der Waals surface area (Å²) in [6, 6.07) is 6.20. The fourth-order valence-corrected chi connectivity index (χ4v) is 4.52. The Labute approximate surface area is 225 Å². The first-order valence-electron chi connectivity index (χ1n) is 12.3. The molecule has 1 saturated heterocycles. The van der Waals surface area contributed by atoms with E-state index in [1.54, 1.807) is 0 Å². The van der Waals surface area contributed by atoms with Crippen molar-refractivity contribution in [3.8, 4) is 0 Å². The van der Waals surface area contributed by atoms with Crippen molar-refractivity contribution in [2.24, 2.45) is 0 Å². The Morgan fingerprint density at radius 3 is 2.17 bits per heavy atom. The quantitative estimate of drug-likeness (QED) is 0.347. The Kier molecular flexibility index (Phi) is 8.83. The van der Waals surface area contributed by atoms with Crippen LogP contribution in [0.2, 0.25) is 0 Å². The van der Waals surface area contributed by atoms with E-state index >= 15 is 0 Å². The van der Waals surface area contributed by atoms with Crippen molar-refractivity contribution in [1.82, 2.24) is 25.2 Å². The maximum Gasteiger partial charge on any atom is 0.416 e. The SMILES string of the molecule is C[C@@H](O[C@H]1OCCN(Cc2n[nH]nc2CN(C)C)[C@H]1c1ccc(F)cc1)c1cc(C(F)(F)F)cc(C(F)(F)F)c1. The van der Waals surface area contributed by atoms with Crippen LogP contribution in [0.1, 0.15) is 52.7 Å². The zero-order chi connectivity index (χ0) is 29.2. The number of ether oxygens (including phenoxy) is 2. The number of alkyl halides is 6. The Bertz CT molecular complexity index is 1250. The Balaban J connectivity index is 1.66. The van der Waals surface area contributed by atoms with Gasteiger partial charge in [0.2, 0.25) is 0 Å². The Hall–Kier alpha value is -3.07. The maximum absolute atomic E-state index is 13.7. The van der Waals surface area contributed by atoms with Crippen LogP contribution in [0.5, 0.6) is 0 Å². The average molecular weight is 576 g/mol. The van der Waals surface area contributed by atoms with Gasteiger partial charge in [-0.2, -0.15) is 41.8 Å². The molecule has 1 N–H and O–H groups in total. The summed E-state index contributed by atoms with van der Waals surface area (Å²) in [6.07, 6.45) is -12.3. The van der Waals surface area contributed by atoms with Gasteiger partial charge in [-0.15, -0.1) is 0 Å². The molecule has 0 aliphatic carbocycles. The van der Waals surface area contributed by atoms with Gasteiger partial charge in [-0.05, 0) is 62.5 Å². The summed E-state index contributed by atoms with van der Waals surface area (Å²) in [5, 5.41) is 11.0. The number of morpholine rings is 1. The molecule has 2 heterocycles. The van der Waals surface area contributed by atoms with Crippen LogP contribution in [0.4, 0.5) is 30.7 Å². The monoisotopic (exact) mass is 575 g/mol. The van der Waals surface area contributed by atoms with Crippen molar-refractivity contribution in [2.75, 3.05) is 27.2 Å². The van der Waals surface area contributed by atoms with Crippen LogP contribution in [-0.4, -0.2) is 58.7 Å². The fraction of sp³-hybridized carbons (Fsp3) is 0.462. The summed E-state index contributed by atoms with van der Waals surface area (Å²) in [6.45, 7) is 2.69. The standard InChI is InChI=1S/C26H28F7N5O2/c1-15(17-10-18(25(28,29)30)12-19(11-17)26(31,32)33)40-24-23(16-4-6-20(27)7-5-16)38(8-9-39-24)14-22-21(13-37(2)3)34-36-35-22/h4-7,10-12,15,23-24H,8-9,13-14H2,1-3H3,(H,34,35,36)/t15-,23+,24-/m1/s1. The summed E-state index contributed by atoms with van der Waals surface area (Å²) in [5.74, 6) is -0.480. The zero-order valence-electron chi connectivity index (χ0n) is 21.9. The van der Waals surface area contributed by atoms with E-state index in [9.17, 15) is 30.7 Å². The third kappa shape index (κ3) is 7.16. The number of aromatic amines is 1. The van der Waals surface area contributed by atoms with Gasteiger partial charge in [0.15, 0.2) is 6.29 Å². The molecule has 0 bridgehead atoms. The van der Waals surface area contributed by atoms with E-state index in [0.717, 1.165) is 0 Å². The zero-order valence-corrected chi connectivity index (χ0v) is 21.9. The molecule has 0 radical (unpaired) electrons. The number of hydrogen-bond acceptors (Lipinski definition) is 6. The van der Waals surface area contributed by atoms with Gasteiger partial charge in [0.05, 0.1) is 29.9 Å². The molecule has 1 fully saturated rings. The molecule has 4 rings (SSSR count). The summed E-state index contributed by atoms with van der Waals surface area (Å²) in [7, 11) is 3.75. The second kappa shape index (κ2) is 11.8. The van der Waals surface area contributed by atoms with Gasteiger partial charge in [0, 0.05) is 19.6 Å². The molecule has 2 aromatic carbocycles. The number of hydrogen-bond donors (Lipinski definition) is 1. The smallest absolute Gasteiger partial charge is 0.349 e. The van der Waals surface area contributed by atoms with Gasteiger partial charge in [-0.3, -0.25) is 4.90 Å². The predicted molar refractivity (Wildman–Crippen MR) is 129 cm³/mol. The number of halogens is 7. The van der Waals surface area contributed by atoms with E-state index in [4.69, 9.17) is 9.47 Å². The third-order valence-electron chi connectivity index (χ3n) is 6.46. The lowest BCUT2D eigenvalue weighted by Crippen LogP contribution is -2.46. The van der Waals surface area contributed by atoms with E-state index in [1.807, 2.05) is 23.9 Å². The van der Waals surface area contributed by atoms with E-state index in [0.29, 0.717) is 42.2 Å². The first-order valence-corrected chi connectivity index (χ1v) is 12.3. The second-order valence-corrected chi connectivity index (χ2v) is 9.78. The lowest BCUT2D eigenvalue weighted by Gasteiger charge is -2.42. The minimum Gasteiger partial charge on any atom is -0.349 e. The van der Waals surface area contributed by atoms with Crippen molar-refractivity contribution in [1.29, 1.82) is 0 Å². The highest BCUT2D eigenvalue weighted by molar-refractivity contribution is 5.35. The second-order valence-electron chi connectivity index (χ2n) is 9.78. The molecule has 0 amide bonds. The highest BCUT2D eigenvalue weighted by atomic mass is 19.4. The van der Waals surface area contributed by atoms with Crippen LogP contribution in [0.15, 0.2) is 42.5 Å². The van der Waals surface area contributed by atoms with Crippen LogP contribution >= 0.6 is 0 Å². The normalized spacial score (nSPS) is 19.8. The molecule has 14 heteroatoms. The summed E-state index contributed by atoms with van der Waals surface area (Å²) >= 11 is 0. The van der Waals surface area contributed by atoms with Crippen molar-refractivity contribution in [3.05, 3.63) is 81.9 Å². The van der Waals surface area contributed by atoms with Crippen LogP contribution < -0.4 is 0 Å². The molecule has 218 valence electrons. The van der Waals surface area contributed by atoms with Gasteiger partial charge in [-0.1, -0.05) is 12.1 Å². The molecule has 0 spiro atoms. The van der Waals surface area contributed by atoms with Crippen molar-refractivity contribution >= 4 is 0 Å². The average Bonchev–Trinajstić information content (AvgIpc) is 3.29. The molecule has 1 aliphatic heterocycles. The number of H-pyrrole nitrogens is 1. The molecular weight excluding hydrogens is 547 g/mol. The van der Waals surface area contributed by atoms with Crippen LogP contribution in [0, 0.1) is 5.82 Å². The molecule has 1 aliphatic rings. The fourth-order valence-electron chi connectivity index (χ4n) is 4.52. The molecule has 0 saturated carbocycles. The van der Waals surface area contributed by atoms with Crippen LogP contribution in [0.3, 0.4) is 0 Å². The van der Waals surface area contributed by atoms with Crippen LogP contribution in [-0.2, 0) is 34.9 Å². The summed E-state index contributed by atoms with van der Waals surface area (Å²) < 4.78 is 106. The Morgan fingerprint density at radius 2 is 1.60 bits per heavy atom. The van der Waals surface area contributed by atoms with Gasteiger partial charge in [0.1, 0.15) is 17.2 Å². The molecule has 0 unspecified atom stereocenters. The lowest BCUT2D eigenvalue weighted by molar-refractivity contribution is -0.231. The number of aromatic nitrogens is 3. The highest BCUT2D eigenvalue weighted by Crippen LogP contribution is 2.40. The van der Waals surface area contributed by atoms with Crippen molar-refractivity contribution in [2.45, 2.75) is 50.8 Å². The number of nitrogens with zero attached hydrogens (tertiary/aromatic N) is 4. The predicted octanol–water partition coefficient (Wildman–Crippen LogP) is 5.72. The lowest BCUT2D eigenvalue weighted by atomic mass is 10.0. The Morgan fingerprint density at radius 1 is 1.00 bits per heavy atom. The number of nitrogens with one attached hydrogen (secondary N) is 1. The first-order chi connectivity index (χ1) is 18.7. The minimum absolute atomic E-state index is 0.0691. The molecule has 3 atom stereocenters.